The van der Waals surface area contributed by atoms with Crippen molar-refractivity contribution in [1.82, 2.24) is 4.90 Å². The molecule has 0 aliphatic carbocycles. The molecule has 3 aliphatic heterocycles. The van der Waals surface area contributed by atoms with Crippen molar-refractivity contribution in [3.8, 4) is 5.75 Å². The number of carbonyl (C=O) groups is 2. The monoisotopic (exact) mass is 419 g/mol. The summed E-state index contributed by atoms with van der Waals surface area (Å²) in [6.07, 6.45) is 4.24. The number of β-lactam (4-membered cyclic amide) rings is 1. The summed E-state index contributed by atoms with van der Waals surface area (Å²) < 4.78 is 0. The first-order valence-electron chi connectivity index (χ1n) is 11.2. The molecule has 0 aromatic heterocycles. The highest BCUT2D eigenvalue weighted by molar-refractivity contribution is 6.00. The molecule has 2 N–H and O–H groups in total. The fourth-order valence-corrected chi connectivity index (χ4v) is 5.34. The highest BCUT2D eigenvalue weighted by Gasteiger charge is 2.40. The lowest BCUT2D eigenvalue weighted by molar-refractivity contribution is -0.147. The molecule has 0 spiro atoms. The summed E-state index contributed by atoms with van der Waals surface area (Å²) in [4.78, 5) is 29.9. The van der Waals surface area contributed by atoms with Gasteiger partial charge in [-0.15, -0.1) is 0 Å². The van der Waals surface area contributed by atoms with Gasteiger partial charge in [-0.3, -0.25) is 9.59 Å². The molecule has 1 fully saturated rings. The number of carbonyl (C=O) groups excluding carboxylic acids is 2. The van der Waals surface area contributed by atoms with Crippen molar-refractivity contribution in [1.29, 1.82) is 0 Å². The number of likely N-dealkylation sites (tertiary alicyclic amines) is 1. The number of hydrogen-bond donors (Lipinski definition) is 2. The molecule has 2 aromatic carbocycles. The first-order chi connectivity index (χ1) is 15.0. The van der Waals surface area contributed by atoms with Crippen LogP contribution in [0, 0.1) is 13.8 Å². The molecule has 0 saturated carbocycles. The minimum Gasteiger partial charge on any atom is -0.507 e. The number of rotatable bonds is 4. The molecule has 1 atom stereocenters. The van der Waals surface area contributed by atoms with Gasteiger partial charge in [-0.05, 0) is 62.3 Å². The van der Waals surface area contributed by atoms with Crippen LogP contribution in [0.4, 0.5) is 11.4 Å². The van der Waals surface area contributed by atoms with E-state index in [2.05, 4.69) is 10.2 Å². The number of benzene rings is 2. The highest BCUT2D eigenvalue weighted by atomic mass is 16.3. The van der Waals surface area contributed by atoms with Crippen molar-refractivity contribution in [3.05, 3.63) is 52.1 Å². The molecule has 6 heteroatoms. The van der Waals surface area contributed by atoms with Crippen LogP contribution in [0.25, 0.3) is 0 Å². The van der Waals surface area contributed by atoms with Gasteiger partial charge in [0.15, 0.2) is 0 Å². The Hall–Kier alpha value is -3.02. The van der Waals surface area contributed by atoms with Crippen LogP contribution >= 0.6 is 0 Å². The van der Waals surface area contributed by atoms with E-state index in [-0.39, 0.29) is 17.6 Å². The van der Waals surface area contributed by atoms with E-state index in [9.17, 15) is 14.7 Å². The third-order valence-electron chi connectivity index (χ3n) is 7.00. The van der Waals surface area contributed by atoms with Crippen molar-refractivity contribution in [3.63, 3.8) is 0 Å². The van der Waals surface area contributed by atoms with Gasteiger partial charge < -0.3 is 20.2 Å². The number of phenolic OH excluding ortho intramolecular Hbond substituents is 1. The van der Waals surface area contributed by atoms with Gasteiger partial charge in [-0.1, -0.05) is 18.2 Å². The van der Waals surface area contributed by atoms with Gasteiger partial charge in [0.25, 0.3) is 5.91 Å². The number of para-hydroxylation sites is 1. The molecule has 2 amide bonds. The first kappa shape index (κ1) is 19.9. The van der Waals surface area contributed by atoms with Gasteiger partial charge >= 0.3 is 0 Å². The summed E-state index contributed by atoms with van der Waals surface area (Å²) >= 11 is 0. The van der Waals surface area contributed by atoms with Crippen LogP contribution in [0.3, 0.4) is 0 Å². The van der Waals surface area contributed by atoms with Crippen LogP contribution < -0.4 is 10.2 Å². The zero-order valence-corrected chi connectivity index (χ0v) is 18.2. The maximum absolute atomic E-state index is 13.6. The van der Waals surface area contributed by atoms with E-state index >= 15 is 0 Å². The summed E-state index contributed by atoms with van der Waals surface area (Å²) in [5.41, 5.74) is 6.57. The Balaban J connectivity index is 1.59. The molecule has 1 saturated heterocycles. The predicted octanol–water partition coefficient (Wildman–Crippen LogP) is 3.62. The Morgan fingerprint density at radius 3 is 2.42 bits per heavy atom. The van der Waals surface area contributed by atoms with Crippen LogP contribution in [0.15, 0.2) is 24.3 Å². The molecule has 3 heterocycles. The first-order valence-corrected chi connectivity index (χ1v) is 11.2. The van der Waals surface area contributed by atoms with E-state index in [0.717, 1.165) is 66.8 Å². The summed E-state index contributed by atoms with van der Waals surface area (Å²) in [6.45, 7) is 6.48. The van der Waals surface area contributed by atoms with Crippen molar-refractivity contribution in [2.75, 3.05) is 29.9 Å². The SMILES string of the molecule is Cc1cccc(C)c1NC(=O)[C@@H](c1cc2c3c(c1O)CCCN3CCC2)N1CCC1=O. The third kappa shape index (κ3) is 3.25. The molecule has 6 nitrogen and oxygen atoms in total. The Labute approximate surface area is 182 Å². The van der Waals surface area contributed by atoms with Crippen LogP contribution in [0.5, 0.6) is 5.75 Å². The summed E-state index contributed by atoms with van der Waals surface area (Å²) in [6, 6.07) is 7.04. The normalized spacial score (nSPS) is 18.3. The number of anilines is 2. The molecule has 0 radical (unpaired) electrons. The van der Waals surface area contributed by atoms with Crippen molar-refractivity contribution in [2.24, 2.45) is 0 Å². The number of hydrogen-bond acceptors (Lipinski definition) is 4. The van der Waals surface area contributed by atoms with E-state index in [1.807, 2.05) is 38.1 Å². The number of aromatic hydroxyl groups is 1. The molecule has 0 unspecified atom stereocenters. The molecule has 162 valence electrons. The topological polar surface area (TPSA) is 72.9 Å². The number of nitrogens with one attached hydrogen (secondary N) is 1. The van der Waals surface area contributed by atoms with E-state index < -0.39 is 6.04 Å². The molecule has 5 rings (SSSR count). The minimum absolute atomic E-state index is 0.0472. The smallest absolute Gasteiger partial charge is 0.251 e. The second kappa shape index (κ2) is 7.59. The predicted molar refractivity (Wildman–Crippen MR) is 121 cm³/mol. The van der Waals surface area contributed by atoms with Gasteiger partial charge in [0.1, 0.15) is 11.8 Å². The van der Waals surface area contributed by atoms with E-state index in [0.29, 0.717) is 18.5 Å². The second-order valence-corrected chi connectivity index (χ2v) is 8.99. The van der Waals surface area contributed by atoms with Gasteiger partial charge in [-0.2, -0.15) is 0 Å². The zero-order chi connectivity index (χ0) is 21.7. The summed E-state index contributed by atoms with van der Waals surface area (Å²) in [5.74, 6) is -0.128. The number of nitrogens with zero attached hydrogens (tertiary/aromatic N) is 2. The molecular weight excluding hydrogens is 390 g/mol. The average molecular weight is 420 g/mol. The lowest BCUT2D eigenvalue weighted by atomic mass is 9.86. The lowest BCUT2D eigenvalue weighted by Crippen LogP contribution is -2.49. The van der Waals surface area contributed by atoms with Gasteiger partial charge in [0, 0.05) is 48.6 Å². The maximum atomic E-state index is 13.6. The minimum atomic E-state index is -0.820. The van der Waals surface area contributed by atoms with Crippen LogP contribution in [0.2, 0.25) is 0 Å². The number of amides is 2. The summed E-state index contributed by atoms with van der Waals surface area (Å²) in [5, 5.41) is 14.4. The Kier molecular flexibility index (Phi) is 4.88. The second-order valence-electron chi connectivity index (χ2n) is 8.99. The largest absolute Gasteiger partial charge is 0.507 e. The Bertz CT molecular complexity index is 1060. The Morgan fingerprint density at radius 2 is 1.77 bits per heavy atom. The van der Waals surface area contributed by atoms with Crippen LogP contribution in [0.1, 0.15) is 53.1 Å². The molecular formula is C25H29N3O3. The lowest BCUT2D eigenvalue weighted by Gasteiger charge is -2.41. The molecule has 3 aliphatic rings. The fourth-order valence-electron chi connectivity index (χ4n) is 5.34. The van der Waals surface area contributed by atoms with Crippen LogP contribution in [-0.2, 0) is 22.4 Å². The van der Waals surface area contributed by atoms with Crippen molar-refractivity contribution < 1.29 is 14.7 Å². The van der Waals surface area contributed by atoms with E-state index in [4.69, 9.17) is 0 Å². The molecule has 0 bridgehead atoms. The van der Waals surface area contributed by atoms with E-state index in [1.54, 1.807) is 4.90 Å². The van der Waals surface area contributed by atoms with Crippen molar-refractivity contribution >= 4 is 23.2 Å². The van der Waals surface area contributed by atoms with E-state index in [1.165, 1.54) is 5.56 Å². The number of aryl methyl sites for hydroxylation is 3. The molecule has 31 heavy (non-hydrogen) atoms. The fraction of sp³-hybridized carbons (Fsp3) is 0.440. The molecule has 2 aromatic rings. The quantitative estimate of drug-likeness (QED) is 0.743. The van der Waals surface area contributed by atoms with Gasteiger partial charge in [0.05, 0.1) is 0 Å². The average Bonchev–Trinajstić information content (AvgIpc) is 2.76. The Morgan fingerprint density at radius 1 is 1.06 bits per heavy atom. The highest BCUT2D eigenvalue weighted by Crippen LogP contribution is 2.45. The zero-order valence-electron chi connectivity index (χ0n) is 18.2. The maximum Gasteiger partial charge on any atom is 0.251 e. The van der Waals surface area contributed by atoms with Gasteiger partial charge in [-0.25, -0.2) is 0 Å². The third-order valence-corrected chi connectivity index (χ3v) is 7.00. The number of phenols is 1. The van der Waals surface area contributed by atoms with Crippen LogP contribution in [-0.4, -0.2) is 41.5 Å². The van der Waals surface area contributed by atoms with Crippen molar-refractivity contribution in [2.45, 2.75) is 52.0 Å². The summed E-state index contributed by atoms with van der Waals surface area (Å²) in [7, 11) is 0. The standard InChI is InChI=1S/C25H29N3O3/c1-15-6-3-7-16(2)21(15)26-25(31)23(28-13-10-20(28)29)19-14-17-8-4-11-27-12-5-9-18(22(17)27)24(19)30/h3,6-7,14,23,30H,4-5,8-13H2,1-2H3,(H,26,31)/t23-/m1/s1. The van der Waals surface area contributed by atoms with Gasteiger partial charge in [0.2, 0.25) is 5.91 Å².